The van der Waals surface area contributed by atoms with Crippen molar-refractivity contribution in [3.8, 4) is 11.1 Å². The van der Waals surface area contributed by atoms with Crippen LogP contribution in [0.3, 0.4) is 0 Å². The summed E-state index contributed by atoms with van der Waals surface area (Å²) < 4.78 is 37.1. The van der Waals surface area contributed by atoms with Crippen molar-refractivity contribution < 1.29 is 18.3 Å². The van der Waals surface area contributed by atoms with Crippen LogP contribution in [0.25, 0.3) is 11.1 Å². The number of hydrogen-bond acceptors (Lipinski definition) is 5. The van der Waals surface area contributed by atoms with Crippen LogP contribution in [0.15, 0.2) is 30.6 Å². The minimum Gasteiger partial charge on any atom is -0.381 e. The van der Waals surface area contributed by atoms with Crippen LogP contribution < -0.4 is 4.90 Å². The van der Waals surface area contributed by atoms with Crippen molar-refractivity contribution in [3.05, 3.63) is 47.4 Å². The number of halogens is 2. The van der Waals surface area contributed by atoms with Gasteiger partial charge in [-0.05, 0) is 48.4 Å². The third kappa shape index (κ3) is 4.23. The van der Waals surface area contributed by atoms with Gasteiger partial charge in [-0.3, -0.25) is 14.2 Å². The normalized spacial score (nSPS) is 25.9. The highest BCUT2D eigenvalue weighted by Crippen LogP contribution is 2.62. The number of fused-ring (bicyclic) bond motifs is 2. The third-order valence-electron chi connectivity index (χ3n) is 9.21. The number of anilines is 2. The van der Waals surface area contributed by atoms with E-state index in [-0.39, 0.29) is 23.7 Å². The number of nitrogens with zero attached hydrogens (tertiary/aromatic N) is 6. The molecule has 39 heavy (non-hydrogen) atoms. The molecule has 1 spiro atoms. The molecule has 0 bridgehead atoms. The van der Waals surface area contributed by atoms with E-state index in [1.54, 1.807) is 11.6 Å². The van der Waals surface area contributed by atoms with Crippen molar-refractivity contribution >= 4 is 17.4 Å². The van der Waals surface area contributed by atoms with Gasteiger partial charge >= 0.3 is 0 Å². The fourth-order valence-corrected chi connectivity index (χ4v) is 7.00. The zero-order chi connectivity index (χ0) is 26.9. The minimum atomic E-state index is -2.37. The minimum absolute atomic E-state index is 0.0437. The Balaban J connectivity index is 1.32. The maximum Gasteiger partial charge on any atom is 0.239 e. The van der Waals surface area contributed by atoms with E-state index >= 15 is 0 Å². The highest BCUT2D eigenvalue weighted by molar-refractivity contribution is 5.76. The van der Waals surface area contributed by atoms with Crippen molar-refractivity contribution in [3.63, 3.8) is 0 Å². The molecular formula is C29H34F2N6O2. The Labute approximate surface area is 226 Å². The molecular weight excluding hydrogens is 502 g/mol. The number of benzene rings is 1. The van der Waals surface area contributed by atoms with Crippen LogP contribution in [0.1, 0.15) is 49.0 Å². The average molecular weight is 537 g/mol. The lowest BCUT2D eigenvalue weighted by atomic mass is 9.88. The topological polar surface area (TPSA) is 68.4 Å². The fraction of sp³-hybridized carbons (Fsp3) is 0.552. The van der Waals surface area contributed by atoms with Gasteiger partial charge < -0.3 is 14.5 Å². The number of carbonyl (C=O) groups is 1. The first-order valence-electron chi connectivity index (χ1n) is 13.9. The van der Waals surface area contributed by atoms with E-state index in [1.165, 1.54) is 5.69 Å². The van der Waals surface area contributed by atoms with Crippen molar-refractivity contribution in [2.75, 3.05) is 31.2 Å². The second kappa shape index (κ2) is 9.15. The molecule has 3 aromatic rings. The van der Waals surface area contributed by atoms with Crippen LogP contribution in [0.2, 0.25) is 0 Å². The summed E-state index contributed by atoms with van der Waals surface area (Å²) in [5, 5.41) is 9.53. The number of hydrogen-bond donors (Lipinski definition) is 0. The monoisotopic (exact) mass is 536 g/mol. The standard InChI is InChI=1S/C29H34F2N6O2/c1-18(38)35-7-5-25-23(16-35)28(33-37(25)26-12-29(26)6-8-39-17-29)36-14-19(10-27(30)31)9-21-11-20(3-4-24(21)36)22-13-32-34(2)15-22/h3-4,11,13,15,19,26-27H,5-10,12,14,16-17H2,1-2H3. The Bertz CT molecular complexity index is 1420. The molecule has 3 atom stereocenters. The first-order chi connectivity index (χ1) is 18.8. The Hall–Kier alpha value is -3.27. The van der Waals surface area contributed by atoms with Crippen molar-refractivity contribution in [1.82, 2.24) is 24.5 Å². The second-order valence-electron chi connectivity index (χ2n) is 11.8. The van der Waals surface area contributed by atoms with Crippen LogP contribution in [-0.2, 0) is 36.0 Å². The number of aromatic nitrogens is 4. The molecule has 4 aliphatic rings. The van der Waals surface area contributed by atoms with Gasteiger partial charge in [0, 0.05) is 80.6 Å². The zero-order valence-electron chi connectivity index (χ0n) is 22.4. The lowest BCUT2D eigenvalue weighted by molar-refractivity contribution is -0.129. The van der Waals surface area contributed by atoms with E-state index in [2.05, 4.69) is 32.9 Å². The molecule has 3 unspecified atom stereocenters. The van der Waals surface area contributed by atoms with E-state index in [0.717, 1.165) is 66.2 Å². The molecule has 0 radical (unpaired) electrons. The molecule has 2 aromatic heterocycles. The van der Waals surface area contributed by atoms with E-state index in [1.807, 2.05) is 24.3 Å². The lowest BCUT2D eigenvalue weighted by Crippen LogP contribution is -2.37. The van der Waals surface area contributed by atoms with Crippen molar-refractivity contribution in [2.45, 2.75) is 58.0 Å². The number of ether oxygens (including phenoxy) is 1. The first kappa shape index (κ1) is 24.7. The third-order valence-corrected chi connectivity index (χ3v) is 9.21. The summed E-state index contributed by atoms with van der Waals surface area (Å²) in [4.78, 5) is 16.4. The molecule has 1 amide bonds. The van der Waals surface area contributed by atoms with Gasteiger partial charge in [-0.25, -0.2) is 8.78 Å². The maximum absolute atomic E-state index is 13.7. The van der Waals surface area contributed by atoms with Crippen LogP contribution in [0.5, 0.6) is 0 Å². The summed E-state index contributed by atoms with van der Waals surface area (Å²) >= 11 is 0. The van der Waals surface area contributed by atoms with Crippen LogP contribution >= 0.6 is 0 Å². The van der Waals surface area contributed by atoms with Crippen LogP contribution in [0.4, 0.5) is 20.3 Å². The van der Waals surface area contributed by atoms with E-state index in [4.69, 9.17) is 9.84 Å². The summed E-state index contributed by atoms with van der Waals surface area (Å²) in [6, 6.07) is 6.58. The molecule has 0 N–H and O–H groups in total. The number of alkyl halides is 2. The lowest BCUT2D eigenvalue weighted by Gasteiger charge is -2.36. The van der Waals surface area contributed by atoms with Gasteiger partial charge in [-0.1, -0.05) is 6.07 Å². The summed E-state index contributed by atoms with van der Waals surface area (Å²) in [5.41, 5.74) is 6.47. The van der Waals surface area contributed by atoms with Crippen LogP contribution in [0, 0.1) is 11.3 Å². The Morgan fingerprint density at radius 1 is 1.28 bits per heavy atom. The Morgan fingerprint density at radius 2 is 2.15 bits per heavy atom. The molecule has 5 heterocycles. The maximum atomic E-state index is 13.7. The van der Waals surface area contributed by atoms with Gasteiger partial charge in [-0.2, -0.15) is 10.2 Å². The van der Waals surface area contributed by atoms with Gasteiger partial charge in [0.15, 0.2) is 5.82 Å². The van der Waals surface area contributed by atoms with Crippen LogP contribution in [-0.4, -0.2) is 63.1 Å². The number of carbonyl (C=O) groups excluding carboxylic acids is 1. The van der Waals surface area contributed by atoms with Crippen molar-refractivity contribution in [2.24, 2.45) is 18.4 Å². The zero-order valence-corrected chi connectivity index (χ0v) is 22.4. The second-order valence-corrected chi connectivity index (χ2v) is 11.8. The highest BCUT2D eigenvalue weighted by Gasteiger charge is 2.59. The van der Waals surface area contributed by atoms with E-state index < -0.39 is 6.43 Å². The quantitative estimate of drug-likeness (QED) is 0.480. The molecule has 8 nitrogen and oxygen atoms in total. The molecule has 1 saturated carbocycles. The summed E-state index contributed by atoms with van der Waals surface area (Å²) in [6.45, 7) is 4.81. The molecule has 1 saturated heterocycles. The van der Waals surface area contributed by atoms with E-state index in [0.29, 0.717) is 32.1 Å². The van der Waals surface area contributed by atoms with Gasteiger partial charge in [0.1, 0.15) is 0 Å². The molecule has 1 aliphatic carbocycles. The summed E-state index contributed by atoms with van der Waals surface area (Å²) in [7, 11) is 1.88. The Kier molecular flexibility index (Phi) is 5.80. The van der Waals surface area contributed by atoms with Gasteiger partial charge in [0.25, 0.3) is 0 Å². The number of amides is 1. The SMILES string of the molecule is CC(=O)N1CCc2c(c(N3CC(CC(F)F)Cc4cc(-c5cnn(C)c5)ccc43)nn2C2CC23CCOC3)C1. The summed E-state index contributed by atoms with van der Waals surface area (Å²) in [6.07, 6.45) is 4.70. The molecule has 1 aromatic carbocycles. The Morgan fingerprint density at radius 3 is 2.87 bits per heavy atom. The van der Waals surface area contributed by atoms with Gasteiger partial charge in [0.2, 0.25) is 12.3 Å². The largest absolute Gasteiger partial charge is 0.381 e. The molecule has 3 aliphatic heterocycles. The first-order valence-corrected chi connectivity index (χ1v) is 13.9. The van der Waals surface area contributed by atoms with E-state index in [9.17, 15) is 13.6 Å². The molecule has 10 heteroatoms. The fourth-order valence-electron chi connectivity index (χ4n) is 7.00. The smallest absolute Gasteiger partial charge is 0.239 e. The molecule has 2 fully saturated rings. The van der Waals surface area contributed by atoms with Crippen molar-refractivity contribution in [1.29, 1.82) is 0 Å². The molecule has 206 valence electrons. The number of aryl methyl sites for hydroxylation is 1. The highest BCUT2D eigenvalue weighted by atomic mass is 19.3. The van der Waals surface area contributed by atoms with Gasteiger partial charge in [0.05, 0.1) is 25.4 Å². The van der Waals surface area contributed by atoms with Gasteiger partial charge in [-0.15, -0.1) is 0 Å². The predicted molar refractivity (Wildman–Crippen MR) is 142 cm³/mol. The average Bonchev–Trinajstić information content (AvgIpc) is 3.27. The predicted octanol–water partition coefficient (Wildman–Crippen LogP) is 4.51. The number of rotatable bonds is 5. The summed E-state index contributed by atoms with van der Waals surface area (Å²) in [5.74, 6) is 0.652. The molecule has 7 rings (SSSR count).